The zero-order valence-corrected chi connectivity index (χ0v) is 21.5. The number of fused-ring (bicyclic) bond motifs is 1. The lowest BCUT2D eigenvalue weighted by atomic mass is 10.0. The lowest BCUT2D eigenvalue weighted by Gasteiger charge is -2.38. The first-order valence-electron chi connectivity index (χ1n) is 12.9. The summed E-state index contributed by atoms with van der Waals surface area (Å²) < 4.78 is 40.1. The van der Waals surface area contributed by atoms with Gasteiger partial charge in [0.05, 0.1) is 23.7 Å². The first kappa shape index (κ1) is 26.8. The minimum atomic E-state index is -4.47. The van der Waals surface area contributed by atoms with Crippen molar-refractivity contribution in [2.45, 2.75) is 50.5 Å². The topological polar surface area (TPSA) is 126 Å². The van der Waals surface area contributed by atoms with Crippen LogP contribution in [0.25, 0.3) is 11.0 Å². The standard InChI is InChI=1S/C25H30F3N9O2/c1-34(18-6-9-36(10-7-18)24-30-14-17(15-31-24)25(26,27)28)23(39)20-3-2-8-35(20)11-12-37-21-13-16(22(29)38)4-5-19(21)32-33-37/h4-5,13-15,18,20H,2-3,6-12H2,1H3,(H2,29,38). The number of nitrogens with zero attached hydrogens (tertiary/aromatic N) is 8. The largest absolute Gasteiger partial charge is 0.419 e. The fourth-order valence-electron chi connectivity index (χ4n) is 5.38. The Labute approximate surface area is 222 Å². The summed E-state index contributed by atoms with van der Waals surface area (Å²) in [4.78, 5) is 38.7. The first-order chi connectivity index (χ1) is 18.6. The van der Waals surface area contributed by atoms with Crippen molar-refractivity contribution in [1.82, 2.24) is 34.8 Å². The van der Waals surface area contributed by atoms with E-state index in [4.69, 9.17) is 5.73 Å². The Morgan fingerprint density at radius 1 is 1.08 bits per heavy atom. The number of amides is 2. The highest BCUT2D eigenvalue weighted by Gasteiger charge is 2.36. The molecule has 0 saturated carbocycles. The van der Waals surface area contributed by atoms with Gasteiger partial charge in [0.1, 0.15) is 5.52 Å². The number of likely N-dealkylation sites (N-methyl/N-ethyl adjacent to an activating group) is 1. The molecule has 0 radical (unpaired) electrons. The van der Waals surface area contributed by atoms with Crippen LogP contribution >= 0.6 is 0 Å². The number of carbonyl (C=O) groups is 2. The van der Waals surface area contributed by atoms with Gasteiger partial charge in [0, 0.05) is 50.7 Å². The maximum atomic E-state index is 13.5. The third kappa shape index (κ3) is 5.65. The molecule has 14 heteroatoms. The van der Waals surface area contributed by atoms with Crippen molar-refractivity contribution < 1.29 is 22.8 Å². The van der Waals surface area contributed by atoms with Gasteiger partial charge in [0.25, 0.3) is 0 Å². The summed E-state index contributed by atoms with van der Waals surface area (Å²) in [5.74, 6) is -0.187. The fourth-order valence-corrected chi connectivity index (χ4v) is 5.38. The smallest absolute Gasteiger partial charge is 0.366 e. The van der Waals surface area contributed by atoms with Crippen LogP contribution in [0.2, 0.25) is 0 Å². The van der Waals surface area contributed by atoms with Crippen molar-refractivity contribution in [2.24, 2.45) is 5.73 Å². The third-order valence-electron chi connectivity index (χ3n) is 7.65. The fraction of sp³-hybridized carbons (Fsp3) is 0.520. The number of primary amides is 1. The molecule has 11 nitrogen and oxygen atoms in total. The van der Waals surface area contributed by atoms with Crippen LogP contribution in [0, 0.1) is 0 Å². The molecule has 4 heterocycles. The summed E-state index contributed by atoms with van der Waals surface area (Å²) in [6.45, 7) is 3.02. The van der Waals surface area contributed by atoms with Crippen LogP contribution in [0.3, 0.4) is 0 Å². The number of hydrogen-bond acceptors (Lipinski definition) is 8. The van der Waals surface area contributed by atoms with Crippen LogP contribution in [-0.4, -0.2) is 91.9 Å². The summed E-state index contributed by atoms with van der Waals surface area (Å²) in [6.07, 6.45) is 0.164. The van der Waals surface area contributed by atoms with Gasteiger partial charge in [0.2, 0.25) is 17.8 Å². The Kier molecular flexibility index (Phi) is 7.38. The molecule has 2 saturated heterocycles. The second kappa shape index (κ2) is 10.8. The average Bonchev–Trinajstić information content (AvgIpc) is 3.57. The van der Waals surface area contributed by atoms with Crippen molar-refractivity contribution in [2.75, 3.05) is 38.1 Å². The average molecular weight is 546 g/mol. The maximum Gasteiger partial charge on any atom is 0.419 e. The molecular formula is C25H30F3N9O2. The number of hydrogen-bond donors (Lipinski definition) is 1. The Bertz CT molecular complexity index is 1340. The van der Waals surface area contributed by atoms with Gasteiger partial charge in [-0.05, 0) is 50.4 Å². The van der Waals surface area contributed by atoms with Gasteiger partial charge in [0.15, 0.2) is 0 Å². The lowest BCUT2D eigenvalue weighted by molar-refractivity contribution is -0.138. The number of alkyl halides is 3. The molecule has 3 aromatic rings. The summed E-state index contributed by atoms with van der Waals surface area (Å²) in [7, 11) is 1.82. The lowest BCUT2D eigenvalue weighted by Crippen LogP contribution is -2.51. The summed E-state index contributed by atoms with van der Waals surface area (Å²) in [5, 5.41) is 8.36. The van der Waals surface area contributed by atoms with Crippen molar-refractivity contribution in [3.63, 3.8) is 0 Å². The summed E-state index contributed by atoms with van der Waals surface area (Å²) in [6, 6.07) is 4.81. The molecular weight excluding hydrogens is 515 g/mol. The number of benzene rings is 1. The van der Waals surface area contributed by atoms with Gasteiger partial charge in [-0.3, -0.25) is 14.5 Å². The van der Waals surface area contributed by atoms with E-state index in [1.807, 2.05) is 16.8 Å². The molecule has 5 rings (SSSR count). The highest BCUT2D eigenvalue weighted by atomic mass is 19.4. The maximum absolute atomic E-state index is 13.5. The molecule has 2 aromatic heterocycles. The second-order valence-corrected chi connectivity index (χ2v) is 10.0. The number of aromatic nitrogens is 5. The molecule has 208 valence electrons. The van der Waals surface area contributed by atoms with Crippen molar-refractivity contribution >= 4 is 28.8 Å². The molecule has 2 fully saturated rings. The van der Waals surface area contributed by atoms with E-state index >= 15 is 0 Å². The Morgan fingerprint density at radius 2 is 1.79 bits per heavy atom. The molecule has 0 aliphatic carbocycles. The van der Waals surface area contributed by atoms with Crippen LogP contribution in [-0.2, 0) is 17.5 Å². The molecule has 1 atom stereocenters. The number of piperidine rings is 1. The minimum absolute atomic E-state index is 0.0251. The van der Waals surface area contributed by atoms with Crippen molar-refractivity contribution in [1.29, 1.82) is 0 Å². The number of nitrogens with two attached hydrogens (primary N) is 1. The highest BCUT2D eigenvalue weighted by Crippen LogP contribution is 2.29. The zero-order chi connectivity index (χ0) is 27.7. The zero-order valence-electron chi connectivity index (χ0n) is 21.5. The molecule has 39 heavy (non-hydrogen) atoms. The quantitative estimate of drug-likeness (QED) is 0.477. The van der Waals surface area contributed by atoms with E-state index in [2.05, 4.69) is 25.2 Å². The van der Waals surface area contributed by atoms with Gasteiger partial charge in [-0.2, -0.15) is 13.2 Å². The van der Waals surface area contributed by atoms with E-state index in [0.717, 1.165) is 31.8 Å². The predicted molar refractivity (Wildman–Crippen MR) is 136 cm³/mol. The van der Waals surface area contributed by atoms with Crippen LogP contribution in [0.4, 0.5) is 19.1 Å². The normalized spacial score (nSPS) is 19.1. The second-order valence-electron chi connectivity index (χ2n) is 10.0. The van der Waals surface area contributed by atoms with Crippen LogP contribution in [0.5, 0.6) is 0 Å². The minimum Gasteiger partial charge on any atom is -0.366 e. The van der Waals surface area contributed by atoms with Gasteiger partial charge >= 0.3 is 6.18 Å². The molecule has 2 amide bonds. The van der Waals surface area contributed by atoms with Gasteiger partial charge in [-0.15, -0.1) is 5.10 Å². The molecule has 1 unspecified atom stereocenters. The number of likely N-dealkylation sites (tertiary alicyclic amines) is 1. The van der Waals surface area contributed by atoms with Gasteiger partial charge in [-0.1, -0.05) is 5.21 Å². The van der Waals surface area contributed by atoms with Crippen molar-refractivity contribution in [3.05, 3.63) is 41.7 Å². The molecule has 0 bridgehead atoms. The number of anilines is 1. The number of carbonyl (C=O) groups excluding carboxylic acids is 2. The summed E-state index contributed by atoms with van der Waals surface area (Å²) >= 11 is 0. The summed E-state index contributed by atoms with van der Waals surface area (Å²) in [5.41, 5.74) is 6.31. The van der Waals surface area contributed by atoms with Crippen LogP contribution < -0.4 is 10.6 Å². The van der Waals surface area contributed by atoms with Crippen LogP contribution in [0.15, 0.2) is 30.6 Å². The molecule has 2 N–H and O–H groups in total. The Morgan fingerprint density at radius 3 is 2.46 bits per heavy atom. The Hall–Kier alpha value is -3.81. The molecule has 2 aliphatic heterocycles. The Balaban J connectivity index is 1.16. The molecule has 1 aromatic carbocycles. The number of rotatable bonds is 7. The van der Waals surface area contributed by atoms with E-state index in [0.29, 0.717) is 55.6 Å². The predicted octanol–water partition coefficient (Wildman–Crippen LogP) is 1.93. The SMILES string of the molecule is CN(C(=O)C1CCCN1CCn1nnc2ccc(C(N)=O)cc21)C1CCN(c2ncc(C(F)(F)F)cn2)CC1. The monoisotopic (exact) mass is 545 g/mol. The van der Waals surface area contributed by atoms with Gasteiger partial charge < -0.3 is 15.5 Å². The van der Waals surface area contributed by atoms with E-state index in [9.17, 15) is 22.8 Å². The van der Waals surface area contributed by atoms with E-state index < -0.39 is 17.6 Å². The third-order valence-corrected chi connectivity index (χ3v) is 7.65. The van der Waals surface area contributed by atoms with E-state index in [-0.39, 0.29) is 23.9 Å². The highest BCUT2D eigenvalue weighted by molar-refractivity contribution is 5.96. The number of halogens is 3. The molecule has 0 spiro atoms. The first-order valence-corrected chi connectivity index (χ1v) is 12.9. The van der Waals surface area contributed by atoms with Crippen molar-refractivity contribution in [3.8, 4) is 0 Å². The molecule has 2 aliphatic rings. The van der Waals surface area contributed by atoms with Gasteiger partial charge in [-0.25, -0.2) is 14.6 Å². The van der Waals surface area contributed by atoms with Crippen LogP contribution in [0.1, 0.15) is 41.6 Å². The van der Waals surface area contributed by atoms with E-state index in [1.165, 1.54) is 0 Å². The van der Waals surface area contributed by atoms with E-state index in [1.54, 1.807) is 22.9 Å².